The highest BCUT2D eigenvalue weighted by atomic mass is 35.5. The Bertz CT molecular complexity index is 1090. The van der Waals surface area contributed by atoms with Crippen LogP contribution in [0.15, 0.2) is 30.5 Å². The van der Waals surface area contributed by atoms with Crippen LogP contribution in [0.4, 0.5) is 11.8 Å². The molecule has 4 unspecified atom stereocenters. The van der Waals surface area contributed by atoms with E-state index in [1.807, 2.05) is 24.3 Å². The van der Waals surface area contributed by atoms with E-state index in [0.29, 0.717) is 46.8 Å². The van der Waals surface area contributed by atoms with Crippen molar-refractivity contribution in [1.82, 2.24) is 14.9 Å². The number of likely N-dealkylation sites (N-methyl/N-ethyl adjacent to an activating group) is 1. The SMILES string of the molecule is CC(CO)N(C)C1[C@@H]2CC3C[C@H]1CC(CNc1nc(NCc4ccccc4Cl)ncc1C#N)(C3)C2. The minimum Gasteiger partial charge on any atom is -0.395 e. The number of rotatable bonds is 9. The first-order valence-corrected chi connectivity index (χ1v) is 13.1. The summed E-state index contributed by atoms with van der Waals surface area (Å²) in [5.41, 5.74) is 1.69. The Morgan fingerprint density at radius 2 is 1.97 bits per heavy atom. The van der Waals surface area contributed by atoms with Gasteiger partial charge < -0.3 is 15.7 Å². The Kier molecular flexibility index (Phi) is 6.89. The van der Waals surface area contributed by atoms with E-state index in [2.05, 4.69) is 45.5 Å². The van der Waals surface area contributed by atoms with Gasteiger partial charge in [-0.2, -0.15) is 10.2 Å². The summed E-state index contributed by atoms with van der Waals surface area (Å²) in [6.45, 7) is 3.68. The molecule has 4 bridgehead atoms. The second kappa shape index (κ2) is 9.93. The number of nitrogens with one attached hydrogen (secondary N) is 2. The van der Waals surface area contributed by atoms with E-state index in [-0.39, 0.29) is 18.1 Å². The number of aromatic nitrogens is 2. The van der Waals surface area contributed by atoms with Crippen LogP contribution in [-0.2, 0) is 6.54 Å². The maximum Gasteiger partial charge on any atom is 0.224 e. The Hall–Kier alpha value is -2.40. The highest BCUT2D eigenvalue weighted by Gasteiger charge is 2.56. The molecule has 1 heterocycles. The molecule has 6 rings (SSSR count). The summed E-state index contributed by atoms with van der Waals surface area (Å²) >= 11 is 6.27. The zero-order valence-electron chi connectivity index (χ0n) is 20.5. The highest BCUT2D eigenvalue weighted by molar-refractivity contribution is 6.31. The van der Waals surface area contributed by atoms with Crippen LogP contribution < -0.4 is 10.6 Å². The maximum atomic E-state index is 9.71. The molecule has 8 heteroatoms. The molecule has 35 heavy (non-hydrogen) atoms. The number of aliphatic hydroxyl groups is 1. The van der Waals surface area contributed by atoms with Crippen molar-refractivity contribution < 1.29 is 5.11 Å². The molecule has 0 spiro atoms. The molecule has 0 saturated heterocycles. The number of anilines is 2. The highest BCUT2D eigenvalue weighted by Crippen LogP contribution is 2.61. The fourth-order valence-corrected chi connectivity index (χ4v) is 7.44. The van der Waals surface area contributed by atoms with E-state index in [9.17, 15) is 10.4 Å². The summed E-state index contributed by atoms with van der Waals surface area (Å²) in [6, 6.07) is 10.7. The van der Waals surface area contributed by atoms with Crippen LogP contribution in [-0.4, -0.2) is 52.3 Å². The van der Waals surface area contributed by atoms with Gasteiger partial charge in [0.2, 0.25) is 5.95 Å². The molecule has 1 aromatic heterocycles. The fourth-order valence-electron chi connectivity index (χ4n) is 7.24. The molecule has 0 aliphatic heterocycles. The van der Waals surface area contributed by atoms with Gasteiger partial charge in [0.25, 0.3) is 0 Å². The summed E-state index contributed by atoms with van der Waals surface area (Å²) in [5, 5.41) is 26.9. The molecule has 4 fully saturated rings. The van der Waals surface area contributed by atoms with Crippen LogP contribution in [0.5, 0.6) is 0 Å². The molecule has 4 aliphatic rings. The Balaban J connectivity index is 1.28. The standard InChI is InChI=1S/C27H35ClN6O/c1-17(15-35)34(2)24-20-7-18-8-21(24)11-27(9-18,10-20)16-32-25-22(12-29)14-31-26(33-25)30-13-19-5-3-4-6-23(19)28/h3-6,14,17-18,20-21,24,35H,7-11,13,15-16H2,1-2H3,(H2,30,31,32,33)/t17?,18?,20-,21+,24?,27?. The van der Waals surface area contributed by atoms with Crippen LogP contribution in [0.1, 0.15) is 50.2 Å². The summed E-state index contributed by atoms with van der Waals surface area (Å²) in [6.07, 6.45) is 7.85. The molecule has 186 valence electrons. The van der Waals surface area contributed by atoms with Gasteiger partial charge in [0.1, 0.15) is 17.5 Å². The minimum atomic E-state index is 0.197. The van der Waals surface area contributed by atoms with Crippen LogP contribution in [0.3, 0.4) is 0 Å². The molecule has 0 radical (unpaired) electrons. The smallest absolute Gasteiger partial charge is 0.224 e. The van der Waals surface area contributed by atoms with Crippen molar-refractivity contribution in [3.05, 3.63) is 46.6 Å². The van der Waals surface area contributed by atoms with E-state index in [4.69, 9.17) is 11.6 Å². The third-order valence-corrected chi connectivity index (χ3v) is 9.08. The third-order valence-electron chi connectivity index (χ3n) is 8.71. The predicted molar refractivity (Wildman–Crippen MR) is 138 cm³/mol. The molecule has 2 aromatic rings. The molecular weight excluding hydrogens is 460 g/mol. The van der Waals surface area contributed by atoms with Crippen molar-refractivity contribution in [2.45, 2.75) is 57.7 Å². The van der Waals surface area contributed by atoms with E-state index < -0.39 is 0 Å². The van der Waals surface area contributed by atoms with Crippen molar-refractivity contribution >= 4 is 23.4 Å². The summed E-state index contributed by atoms with van der Waals surface area (Å²) < 4.78 is 0. The summed E-state index contributed by atoms with van der Waals surface area (Å²) in [7, 11) is 2.19. The van der Waals surface area contributed by atoms with Crippen LogP contribution in [0.2, 0.25) is 5.02 Å². The average Bonchev–Trinajstić information content (AvgIpc) is 2.86. The zero-order valence-corrected chi connectivity index (χ0v) is 21.3. The minimum absolute atomic E-state index is 0.197. The van der Waals surface area contributed by atoms with Crippen LogP contribution in [0.25, 0.3) is 0 Å². The number of halogens is 1. The molecule has 1 aromatic carbocycles. The van der Waals surface area contributed by atoms with E-state index in [1.54, 1.807) is 6.20 Å². The third kappa shape index (κ3) is 4.84. The Morgan fingerprint density at radius 3 is 2.66 bits per heavy atom. The monoisotopic (exact) mass is 494 g/mol. The molecule has 3 N–H and O–H groups in total. The van der Waals surface area contributed by atoms with Gasteiger partial charge in [-0.15, -0.1) is 0 Å². The second-order valence-electron chi connectivity index (χ2n) is 11.0. The summed E-state index contributed by atoms with van der Waals surface area (Å²) in [5.74, 6) is 3.22. The van der Waals surface area contributed by atoms with E-state index in [1.165, 1.54) is 32.1 Å². The summed E-state index contributed by atoms with van der Waals surface area (Å²) in [4.78, 5) is 11.4. The first kappa shape index (κ1) is 24.3. The number of nitriles is 1. The Morgan fingerprint density at radius 1 is 1.23 bits per heavy atom. The number of nitrogens with zero attached hydrogens (tertiary/aromatic N) is 4. The lowest BCUT2D eigenvalue weighted by molar-refractivity contribution is -0.111. The largest absolute Gasteiger partial charge is 0.395 e. The van der Waals surface area contributed by atoms with Crippen molar-refractivity contribution in [3.8, 4) is 6.07 Å². The first-order valence-electron chi connectivity index (χ1n) is 12.7. The molecule has 0 amide bonds. The molecule has 4 aliphatic carbocycles. The van der Waals surface area contributed by atoms with Gasteiger partial charge in [-0.3, -0.25) is 4.90 Å². The van der Waals surface area contributed by atoms with Crippen molar-refractivity contribution in [1.29, 1.82) is 5.26 Å². The van der Waals surface area contributed by atoms with Gasteiger partial charge in [0.15, 0.2) is 0 Å². The number of benzene rings is 1. The van der Waals surface area contributed by atoms with Gasteiger partial charge in [0.05, 0.1) is 12.8 Å². The number of hydrogen-bond donors (Lipinski definition) is 3. The normalized spacial score (nSPS) is 29.7. The van der Waals surface area contributed by atoms with E-state index >= 15 is 0 Å². The first-order chi connectivity index (χ1) is 16.9. The maximum absolute atomic E-state index is 9.71. The topological polar surface area (TPSA) is 97.1 Å². The lowest BCUT2D eigenvalue weighted by atomic mass is 9.47. The average molecular weight is 495 g/mol. The fraction of sp³-hybridized carbons (Fsp3) is 0.593. The van der Waals surface area contributed by atoms with Crippen molar-refractivity contribution in [2.75, 3.05) is 30.8 Å². The molecule has 7 nitrogen and oxygen atoms in total. The van der Waals surface area contributed by atoms with Crippen LogP contribution >= 0.6 is 11.6 Å². The quantitative estimate of drug-likeness (QED) is 0.471. The van der Waals surface area contributed by atoms with Gasteiger partial charge in [-0.05, 0) is 80.9 Å². The lowest BCUT2D eigenvalue weighted by Crippen LogP contribution is -2.61. The van der Waals surface area contributed by atoms with E-state index in [0.717, 1.165) is 18.0 Å². The molecule has 6 atom stereocenters. The second-order valence-corrected chi connectivity index (χ2v) is 11.4. The Labute approximate surface area is 212 Å². The lowest BCUT2D eigenvalue weighted by Gasteiger charge is -2.62. The number of aliphatic hydroxyl groups excluding tert-OH is 1. The predicted octanol–water partition coefficient (Wildman–Crippen LogP) is 4.53. The van der Waals surface area contributed by atoms with Gasteiger partial charge in [-0.1, -0.05) is 29.8 Å². The zero-order chi connectivity index (χ0) is 24.6. The van der Waals surface area contributed by atoms with Crippen molar-refractivity contribution in [2.24, 2.45) is 23.2 Å². The van der Waals surface area contributed by atoms with Gasteiger partial charge in [0, 0.05) is 30.2 Å². The van der Waals surface area contributed by atoms with Crippen LogP contribution in [0, 0.1) is 34.5 Å². The van der Waals surface area contributed by atoms with Gasteiger partial charge in [-0.25, -0.2) is 4.98 Å². The molecular formula is C27H35ClN6O. The molecule has 4 saturated carbocycles. The van der Waals surface area contributed by atoms with Gasteiger partial charge >= 0.3 is 0 Å². The number of hydrogen-bond acceptors (Lipinski definition) is 7. The van der Waals surface area contributed by atoms with Crippen molar-refractivity contribution in [3.63, 3.8) is 0 Å².